The number of hydrogen-bond acceptors (Lipinski definition) is 2. The van der Waals surface area contributed by atoms with Gasteiger partial charge in [-0.15, -0.1) is 0 Å². The molecule has 2 rings (SSSR count). The molecule has 1 saturated carbocycles. The van der Waals surface area contributed by atoms with Crippen LogP contribution in [0, 0.1) is 17.8 Å². The van der Waals surface area contributed by atoms with Crippen molar-refractivity contribution in [3.05, 3.63) is 0 Å². The smallest absolute Gasteiger partial charge is 0.0469 e. The molecule has 2 aliphatic rings. The summed E-state index contributed by atoms with van der Waals surface area (Å²) >= 11 is 0. The van der Waals surface area contributed by atoms with Gasteiger partial charge in [0.05, 0.1) is 0 Å². The molecule has 1 saturated heterocycles. The van der Waals surface area contributed by atoms with Crippen LogP contribution in [0.2, 0.25) is 0 Å². The highest BCUT2D eigenvalue weighted by atomic mass is 16.5. The van der Waals surface area contributed by atoms with E-state index >= 15 is 0 Å². The van der Waals surface area contributed by atoms with Gasteiger partial charge in [-0.25, -0.2) is 0 Å². The van der Waals surface area contributed by atoms with E-state index in [1.165, 1.54) is 57.8 Å². The molecule has 1 unspecified atom stereocenters. The van der Waals surface area contributed by atoms with Crippen LogP contribution in [0.3, 0.4) is 0 Å². The predicted octanol–water partition coefficient (Wildman–Crippen LogP) is 3.74. The molecule has 2 N–H and O–H groups in total. The fourth-order valence-corrected chi connectivity index (χ4v) is 3.84. The molecule has 2 heteroatoms. The van der Waals surface area contributed by atoms with E-state index in [2.05, 4.69) is 6.92 Å². The summed E-state index contributed by atoms with van der Waals surface area (Å²) < 4.78 is 5.44. The summed E-state index contributed by atoms with van der Waals surface area (Å²) in [6.45, 7) is 4.17. The van der Waals surface area contributed by atoms with Crippen molar-refractivity contribution in [1.29, 1.82) is 0 Å². The molecule has 2 fully saturated rings. The third kappa shape index (κ3) is 3.96. The van der Waals surface area contributed by atoms with Gasteiger partial charge in [0.15, 0.2) is 0 Å². The molecule has 0 aromatic heterocycles. The molecule has 106 valence electrons. The number of rotatable bonds is 5. The lowest BCUT2D eigenvalue weighted by Gasteiger charge is -2.37. The van der Waals surface area contributed by atoms with E-state index in [4.69, 9.17) is 10.5 Å². The first-order valence-electron chi connectivity index (χ1n) is 8.14. The van der Waals surface area contributed by atoms with E-state index in [0.29, 0.717) is 6.04 Å². The summed E-state index contributed by atoms with van der Waals surface area (Å²) in [7, 11) is 0. The third-order valence-corrected chi connectivity index (χ3v) is 5.21. The second-order valence-electron chi connectivity index (χ2n) is 6.45. The van der Waals surface area contributed by atoms with Crippen LogP contribution in [0.15, 0.2) is 0 Å². The van der Waals surface area contributed by atoms with Crippen molar-refractivity contribution in [3.63, 3.8) is 0 Å². The summed E-state index contributed by atoms with van der Waals surface area (Å²) in [5.41, 5.74) is 6.51. The Morgan fingerprint density at radius 1 is 1.00 bits per heavy atom. The minimum absolute atomic E-state index is 0.445. The van der Waals surface area contributed by atoms with E-state index in [1.807, 2.05) is 0 Å². The minimum Gasteiger partial charge on any atom is -0.381 e. The van der Waals surface area contributed by atoms with E-state index in [-0.39, 0.29) is 0 Å². The van der Waals surface area contributed by atoms with E-state index in [0.717, 1.165) is 31.0 Å². The average molecular weight is 253 g/mol. The van der Waals surface area contributed by atoms with Crippen LogP contribution >= 0.6 is 0 Å². The summed E-state index contributed by atoms with van der Waals surface area (Å²) in [4.78, 5) is 0. The Labute approximate surface area is 113 Å². The van der Waals surface area contributed by atoms with Crippen LogP contribution in [-0.2, 0) is 4.74 Å². The Bertz CT molecular complexity index is 217. The van der Waals surface area contributed by atoms with Crippen molar-refractivity contribution >= 4 is 0 Å². The molecule has 1 heterocycles. The largest absolute Gasteiger partial charge is 0.381 e. The maximum atomic E-state index is 6.51. The second-order valence-corrected chi connectivity index (χ2v) is 6.45. The van der Waals surface area contributed by atoms with Crippen LogP contribution in [0.1, 0.15) is 64.7 Å². The van der Waals surface area contributed by atoms with Gasteiger partial charge in [0, 0.05) is 19.3 Å². The van der Waals surface area contributed by atoms with Gasteiger partial charge in [-0.3, -0.25) is 0 Å². The van der Waals surface area contributed by atoms with Gasteiger partial charge in [0.1, 0.15) is 0 Å². The summed E-state index contributed by atoms with van der Waals surface area (Å²) in [6, 6.07) is 0.445. The molecule has 1 aliphatic carbocycles. The van der Waals surface area contributed by atoms with Crippen molar-refractivity contribution in [2.24, 2.45) is 23.5 Å². The molecule has 0 amide bonds. The Kier molecular flexibility index (Phi) is 5.97. The van der Waals surface area contributed by atoms with Gasteiger partial charge in [0.25, 0.3) is 0 Å². The molecule has 1 atom stereocenters. The highest BCUT2D eigenvalue weighted by Crippen LogP contribution is 2.36. The van der Waals surface area contributed by atoms with Crippen molar-refractivity contribution in [1.82, 2.24) is 0 Å². The maximum Gasteiger partial charge on any atom is 0.0469 e. The Morgan fingerprint density at radius 3 is 2.22 bits per heavy atom. The molecule has 0 radical (unpaired) electrons. The van der Waals surface area contributed by atoms with Crippen molar-refractivity contribution in [3.8, 4) is 0 Å². The molecule has 0 aromatic rings. The Hall–Kier alpha value is -0.0800. The summed E-state index contributed by atoms with van der Waals surface area (Å²) in [5, 5.41) is 0. The lowest BCUT2D eigenvalue weighted by Crippen LogP contribution is -2.41. The van der Waals surface area contributed by atoms with Gasteiger partial charge < -0.3 is 10.5 Å². The number of hydrogen-bond donors (Lipinski definition) is 1. The van der Waals surface area contributed by atoms with Gasteiger partial charge >= 0.3 is 0 Å². The number of nitrogens with two attached hydrogens (primary N) is 1. The molecule has 1 aliphatic heterocycles. The zero-order valence-corrected chi connectivity index (χ0v) is 12.1. The highest BCUT2D eigenvalue weighted by Gasteiger charge is 2.30. The zero-order valence-electron chi connectivity index (χ0n) is 12.1. The third-order valence-electron chi connectivity index (χ3n) is 5.21. The molecule has 18 heavy (non-hydrogen) atoms. The van der Waals surface area contributed by atoms with Crippen LogP contribution in [-0.4, -0.2) is 19.3 Å². The topological polar surface area (TPSA) is 35.2 Å². The van der Waals surface area contributed by atoms with E-state index in [1.54, 1.807) is 0 Å². The predicted molar refractivity (Wildman–Crippen MR) is 76.5 cm³/mol. The van der Waals surface area contributed by atoms with Crippen molar-refractivity contribution in [2.75, 3.05) is 13.2 Å². The first-order chi connectivity index (χ1) is 8.81. The van der Waals surface area contributed by atoms with E-state index in [9.17, 15) is 0 Å². The van der Waals surface area contributed by atoms with Gasteiger partial charge in [0.2, 0.25) is 0 Å². The molecule has 0 bridgehead atoms. The Morgan fingerprint density at radius 2 is 1.61 bits per heavy atom. The van der Waals surface area contributed by atoms with Crippen LogP contribution < -0.4 is 5.73 Å². The zero-order chi connectivity index (χ0) is 12.8. The highest BCUT2D eigenvalue weighted by molar-refractivity contribution is 4.85. The first-order valence-corrected chi connectivity index (χ1v) is 8.14. The normalized spacial score (nSPS) is 32.3. The fourth-order valence-electron chi connectivity index (χ4n) is 3.84. The molecular weight excluding hydrogens is 222 g/mol. The monoisotopic (exact) mass is 253 g/mol. The first kappa shape index (κ1) is 14.3. The van der Waals surface area contributed by atoms with Gasteiger partial charge in [-0.05, 0) is 43.4 Å². The van der Waals surface area contributed by atoms with Crippen molar-refractivity contribution < 1.29 is 4.74 Å². The molecular formula is C16H31NO. The van der Waals surface area contributed by atoms with Crippen LogP contribution in [0.25, 0.3) is 0 Å². The maximum absolute atomic E-state index is 6.51. The van der Waals surface area contributed by atoms with Crippen LogP contribution in [0.5, 0.6) is 0 Å². The van der Waals surface area contributed by atoms with Gasteiger partial charge in [-0.2, -0.15) is 0 Å². The lowest BCUT2D eigenvalue weighted by molar-refractivity contribution is 0.0458. The summed E-state index contributed by atoms with van der Waals surface area (Å²) in [6.07, 6.45) is 12.2. The van der Waals surface area contributed by atoms with Gasteiger partial charge in [-0.1, -0.05) is 39.0 Å². The fraction of sp³-hybridized carbons (Fsp3) is 1.00. The average Bonchev–Trinajstić information content (AvgIpc) is 2.46. The molecule has 0 spiro atoms. The van der Waals surface area contributed by atoms with Crippen LogP contribution in [0.4, 0.5) is 0 Å². The Balaban J connectivity index is 1.71. The van der Waals surface area contributed by atoms with Crippen molar-refractivity contribution in [2.45, 2.75) is 70.8 Å². The quantitative estimate of drug-likeness (QED) is 0.810. The number of ether oxygens (including phenoxy) is 1. The second kappa shape index (κ2) is 7.49. The number of unbranched alkanes of at least 4 members (excludes halogenated alkanes) is 1. The molecule has 0 aromatic carbocycles. The summed E-state index contributed by atoms with van der Waals surface area (Å²) in [5.74, 6) is 2.53. The standard InChI is InChI=1S/C16H31NO/c1-2-3-4-13-5-7-14(8-6-13)16(17)15-9-11-18-12-10-15/h13-16H,2-12,17H2,1H3. The minimum atomic E-state index is 0.445. The lowest BCUT2D eigenvalue weighted by atomic mass is 9.73. The molecule has 2 nitrogen and oxygen atoms in total. The van der Waals surface area contributed by atoms with E-state index < -0.39 is 0 Å². The SMILES string of the molecule is CCCCC1CCC(C(N)C2CCOCC2)CC1.